The molecule has 1 aromatic carbocycles. The van der Waals surface area contributed by atoms with E-state index in [0.717, 1.165) is 35.7 Å². The first-order chi connectivity index (χ1) is 9.65. The van der Waals surface area contributed by atoms with E-state index in [4.69, 9.17) is 11.6 Å². The third kappa shape index (κ3) is 2.83. The summed E-state index contributed by atoms with van der Waals surface area (Å²) in [5, 5.41) is 7.22. The lowest BCUT2D eigenvalue weighted by Gasteiger charge is -2.28. The number of benzene rings is 1. The molecular weight excluding hydrogens is 292 g/mol. The maximum atomic E-state index is 12.4. The summed E-state index contributed by atoms with van der Waals surface area (Å²) >= 11 is 7.93. The molecule has 20 heavy (non-hydrogen) atoms. The van der Waals surface area contributed by atoms with Crippen LogP contribution in [0.15, 0.2) is 23.1 Å². The molecule has 108 valence electrons. The van der Waals surface area contributed by atoms with Crippen molar-refractivity contribution in [3.8, 4) is 0 Å². The molecule has 0 radical (unpaired) electrons. The quantitative estimate of drug-likeness (QED) is 0.882. The highest BCUT2D eigenvalue weighted by atomic mass is 35.5. The topological polar surface area (TPSA) is 41.1 Å². The lowest BCUT2D eigenvalue weighted by Crippen LogP contribution is -2.45. The van der Waals surface area contributed by atoms with Gasteiger partial charge in [0.1, 0.15) is 0 Å². The largest absolute Gasteiger partial charge is 0.348 e. The fourth-order valence-corrected chi connectivity index (χ4v) is 4.25. The predicted molar refractivity (Wildman–Crippen MR) is 83.2 cm³/mol. The second kappa shape index (κ2) is 5.96. The molecule has 3 nitrogen and oxygen atoms in total. The van der Waals surface area contributed by atoms with Crippen molar-refractivity contribution in [3.05, 3.63) is 28.8 Å². The third-order valence-electron chi connectivity index (χ3n) is 4.14. The van der Waals surface area contributed by atoms with Crippen molar-refractivity contribution in [2.24, 2.45) is 5.92 Å². The van der Waals surface area contributed by atoms with Gasteiger partial charge in [-0.05, 0) is 49.1 Å². The van der Waals surface area contributed by atoms with E-state index in [1.165, 1.54) is 4.90 Å². The Morgan fingerprint density at radius 3 is 3.05 bits per heavy atom. The molecule has 0 aromatic heterocycles. The number of amides is 1. The lowest BCUT2D eigenvalue weighted by atomic mass is 10.00. The molecule has 5 heteroatoms. The molecule has 2 N–H and O–H groups in total. The molecule has 1 saturated heterocycles. The van der Waals surface area contributed by atoms with Crippen LogP contribution >= 0.6 is 23.4 Å². The van der Waals surface area contributed by atoms with Gasteiger partial charge in [-0.15, -0.1) is 11.8 Å². The summed E-state index contributed by atoms with van der Waals surface area (Å²) in [4.78, 5) is 13.6. The van der Waals surface area contributed by atoms with Gasteiger partial charge in [0.15, 0.2) is 0 Å². The van der Waals surface area contributed by atoms with Crippen molar-refractivity contribution < 1.29 is 4.79 Å². The number of hydrogen-bond donors (Lipinski definition) is 2. The number of thioether (sulfide) groups is 1. The number of rotatable bonds is 2. The molecular formula is C15H19ClN2OS. The Kier molecular flexibility index (Phi) is 4.24. The number of fused-ring (bicyclic) bond motifs is 1. The average molecular weight is 311 g/mol. The Bertz CT molecular complexity index is 523. The van der Waals surface area contributed by atoms with E-state index >= 15 is 0 Å². The predicted octanol–water partition coefficient (Wildman–Crippen LogP) is 2.99. The molecule has 3 rings (SSSR count). The summed E-state index contributed by atoms with van der Waals surface area (Å²) < 4.78 is 0. The van der Waals surface area contributed by atoms with Crippen molar-refractivity contribution in [3.63, 3.8) is 0 Å². The van der Waals surface area contributed by atoms with Crippen LogP contribution in [0, 0.1) is 5.92 Å². The Balaban J connectivity index is 1.76. The van der Waals surface area contributed by atoms with Gasteiger partial charge in [0.25, 0.3) is 0 Å². The molecule has 2 aliphatic rings. The standard InChI is InChI=1S/C15H19ClN2OS/c1-9-4-6-17-14(9)15(19)18-12-5-7-20-13-3-2-10(16)8-11(12)13/h2-3,8-9,12,14,17H,4-7H2,1H3,(H,18,19). The number of hydrogen-bond acceptors (Lipinski definition) is 3. The molecule has 2 aliphatic heterocycles. The van der Waals surface area contributed by atoms with Crippen LogP contribution in [0.3, 0.4) is 0 Å². The SMILES string of the molecule is CC1CCNC1C(=O)NC1CCSc2ccc(Cl)cc21. The van der Waals surface area contributed by atoms with Crippen molar-refractivity contribution in [1.29, 1.82) is 0 Å². The zero-order chi connectivity index (χ0) is 14.1. The molecule has 0 bridgehead atoms. The van der Waals surface area contributed by atoms with Crippen LogP contribution in [0.25, 0.3) is 0 Å². The minimum absolute atomic E-state index is 0.0489. The van der Waals surface area contributed by atoms with Gasteiger partial charge < -0.3 is 10.6 Å². The van der Waals surface area contributed by atoms with E-state index in [2.05, 4.69) is 23.6 Å². The minimum Gasteiger partial charge on any atom is -0.348 e. The molecule has 1 amide bonds. The maximum Gasteiger partial charge on any atom is 0.237 e. The van der Waals surface area contributed by atoms with Crippen LogP contribution in [0.1, 0.15) is 31.4 Å². The van der Waals surface area contributed by atoms with Gasteiger partial charge in [0.05, 0.1) is 12.1 Å². The van der Waals surface area contributed by atoms with Crippen LogP contribution < -0.4 is 10.6 Å². The minimum atomic E-state index is -0.0489. The number of carbonyl (C=O) groups is 1. The van der Waals surface area contributed by atoms with Gasteiger partial charge in [-0.3, -0.25) is 4.79 Å². The Morgan fingerprint density at radius 2 is 2.30 bits per heavy atom. The first kappa shape index (κ1) is 14.2. The first-order valence-corrected chi connectivity index (χ1v) is 8.47. The molecule has 1 fully saturated rings. The summed E-state index contributed by atoms with van der Waals surface area (Å²) in [6, 6.07) is 5.99. The van der Waals surface area contributed by atoms with Gasteiger partial charge in [0, 0.05) is 15.7 Å². The fraction of sp³-hybridized carbons (Fsp3) is 0.533. The second-order valence-corrected chi connectivity index (χ2v) is 7.15. The summed E-state index contributed by atoms with van der Waals surface area (Å²) in [6.07, 6.45) is 2.03. The lowest BCUT2D eigenvalue weighted by molar-refractivity contribution is -0.124. The van der Waals surface area contributed by atoms with Crippen LogP contribution in [-0.2, 0) is 4.79 Å². The zero-order valence-corrected chi connectivity index (χ0v) is 13.1. The van der Waals surface area contributed by atoms with Crippen molar-refractivity contribution in [2.75, 3.05) is 12.3 Å². The number of halogens is 1. The Labute approximate surface area is 128 Å². The maximum absolute atomic E-state index is 12.4. The van der Waals surface area contributed by atoms with Gasteiger partial charge in [-0.1, -0.05) is 18.5 Å². The van der Waals surface area contributed by atoms with Crippen LogP contribution in [0.2, 0.25) is 5.02 Å². The third-order valence-corrected chi connectivity index (χ3v) is 5.50. The van der Waals surface area contributed by atoms with Gasteiger partial charge in [-0.2, -0.15) is 0 Å². The van der Waals surface area contributed by atoms with E-state index in [1.54, 1.807) is 0 Å². The molecule has 0 spiro atoms. The number of carbonyl (C=O) groups excluding carboxylic acids is 1. The fourth-order valence-electron chi connectivity index (χ4n) is 2.96. The number of nitrogens with one attached hydrogen (secondary N) is 2. The van der Waals surface area contributed by atoms with Crippen LogP contribution in [0.4, 0.5) is 0 Å². The molecule has 1 aromatic rings. The van der Waals surface area contributed by atoms with E-state index in [-0.39, 0.29) is 18.0 Å². The van der Waals surface area contributed by atoms with Crippen LogP contribution in [-0.4, -0.2) is 24.2 Å². The normalized spacial score (nSPS) is 29.0. The summed E-state index contributed by atoms with van der Waals surface area (Å²) in [5.74, 6) is 1.57. The summed E-state index contributed by atoms with van der Waals surface area (Å²) in [7, 11) is 0. The smallest absolute Gasteiger partial charge is 0.237 e. The molecule has 3 atom stereocenters. The van der Waals surface area contributed by atoms with Gasteiger partial charge in [0.2, 0.25) is 5.91 Å². The highest BCUT2D eigenvalue weighted by molar-refractivity contribution is 7.99. The van der Waals surface area contributed by atoms with Crippen molar-refractivity contribution in [1.82, 2.24) is 10.6 Å². The van der Waals surface area contributed by atoms with Crippen molar-refractivity contribution in [2.45, 2.75) is 36.7 Å². The monoisotopic (exact) mass is 310 g/mol. The Morgan fingerprint density at radius 1 is 1.45 bits per heavy atom. The summed E-state index contributed by atoms with van der Waals surface area (Å²) in [5.41, 5.74) is 1.16. The molecule has 3 unspecified atom stereocenters. The van der Waals surface area contributed by atoms with E-state index in [1.807, 2.05) is 23.9 Å². The molecule has 0 aliphatic carbocycles. The zero-order valence-electron chi connectivity index (χ0n) is 11.5. The first-order valence-electron chi connectivity index (χ1n) is 7.11. The highest BCUT2D eigenvalue weighted by Gasteiger charge is 2.31. The van der Waals surface area contributed by atoms with Crippen LogP contribution in [0.5, 0.6) is 0 Å². The van der Waals surface area contributed by atoms with E-state index in [9.17, 15) is 4.79 Å². The molecule has 0 saturated carbocycles. The summed E-state index contributed by atoms with van der Waals surface area (Å²) in [6.45, 7) is 3.06. The van der Waals surface area contributed by atoms with Gasteiger partial charge in [-0.25, -0.2) is 0 Å². The Hall–Kier alpha value is -0.710. The van der Waals surface area contributed by atoms with E-state index < -0.39 is 0 Å². The van der Waals surface area contributed by atoms with E-state index in [0.29, 0.717) is 5.92 Å². The highest BCUT2D eigenvalue weighted by Crippen LogP contribution is 2.37. The van der Waals surface area contributed by atoms with Gasteiger partial charge >= 0.3 is 0 Å². The van der Waals surface area contributed by atoms with Crippen molar-refractivity contribution >= 4 is 29.3 Å². The molecule has 2 heterocycles. The average Bonchev–Trinajstić information content (AvgIpc) is 2.86. The second-order valence-electron chi connectivity index (χ2n) is 5.58.